The van der Waals surface area contributed by atoms with Crippen molar-refractivity contribution < 1.29 is 4.42 Å². The Morgan fingerprint density at radius 1 is 1.78 bits per heavy atom. The monoisotopic (exact) mass is 122 g/mol. The summed E-state index contributed by atoms with van der Waals surface area (Å²) < 4.78 is 4.71. The predicted octanol–water partition coefficient (Wildman–Crippen LogP) is 0.803. The van der Waals surface area contributed by atoms with Crippen LogP contribution in [0.2, 0.25) is 0 Å². The van der Waals surface area contributed by atoms with E-state index in [0.717, 1.165) is 5.56 Å². The summed E-state index contributed by atoms with van der Waals surface area (Å²) >= 11 is 0. The average molecular weight is 122 g/mol. The topological polar surface area (TPSA) is 63.0 Å². The molecule has 3 heteroatoms. The van der Waals surface area contributed by atoms with E-state index < -0.39 is 6.04 Å². The van der Waals surface area contributed by atoms with E-state index >= 15 is 0 Å². The molecule has 1 atom stereocenters. The molecule has 2 N–H and O–H groups in total. The molecule has 0 bridgehead atoms. The van der Waals surface area contributed by atoms with Gasteiger partial charge in [0, 0.05) is 5.56 Å². The third kappa shape index (κ3) is 1.09. The summed E-state index contributed by atoms with van der Waals surface area (Å²) in [5, 5.41) is 8.29. The maximum absolute atomic E-state index is 8.29. The van der Waals surface area contributed by atoms with Crippen molar-refractivity contribution in [2.24, 2.45) is 5.73 Å². The van der Waals surface area contributed by atoms with Gasteiger partial charge in [-0.2, -0.15) is 5.26 Å². The Labute approximate surface area is 52.7 Å². The molecular weight excluding hydrogens is 116 g/mol. The Morgan fingerprint density at radius 2 is 2.56 bits per heavy atom. The van der Waals surface area contributed by atoms with Crippen molar-refractivity contribution in [3.05, 3.63) is 24.2 Å². The van der Waals surface area contributed by atoms with Crippen LogP contribution in [0.5, 0.6) is 0 Å². The van der Waals surface area contributed by atoms with Crippen molar-refractivity contribution in [1.82, 2.24) is 0 Å². The SMILES string of the molecule is N#C[C@@H](N)c1ccoc1. The molecule has 1 aromatic rings. The zero-order chi connectivity index (χ0) is 6.69. The lowest BCUT2D eigenvalue weighted by molar-refractivity contribution is 0.562. The smallest absolute Gasteiger partial charge is 0.121 e. The van der Waals surface area contributed by atoms with E-state index in [0.29, 0.717) is 0 Å². The minimum absolute atomic E-state index is 0.552. The lowest BCUT2D eigenvalue weighted by Crippen LogP contribution is -2.05. The normalized spacial score (nSPS) is 12.4. The standard InChI is InChI=1S/C6H6N2O/c7-3-6(8)5-1-2-9-4-5/h1-2,4,6H,8H2/t6-/m1/s1. The van der Waals surface area contributed by atoms with Crippen LogP contribution in [0, 0.1) is 11.3 Å². The second-order valence-electron chi connectivity index (χ2n) is 1.66. The van der Waals surface area contributed by atoms with Crippen LogP contribution in [0.3, 0.4) is 0 Å². The van der Waals surface area contributed by atoms with Gasteiger partial charge < -0.3 is 10.2 Å². The molecular formula is C6H6N2O. The molecule has 0 fully saturated rings. The van der Waals surface area contributed by atoms with E-state index in [1.807, 2.05) is 6.07 Å². The number of hydrogen-bond donors (Lipinski definition) is 1. The van der Waals surface area contributed by atoms with Crippen molar-refractivity contribution >= 4 is 0 Å². The van der Waals surface area contributed by atoms with Gasteiger partial charge in [0.15, 0.2) is 0 Å². The molecule has 0 unspecified atom stereocenters. The van der Waals surface area contributed by atoms with E-state index in [1.54, 1.807) is 6.07 Å². The summed E-state index contributed by atoms with van der Waals surface area (Å²) in [6.07, 6.45) is 2.96. The maximum atomic E-state index is 8.29. The molecule has 0 aromatic carbocycles. The van der Waals surface area contributed by atoms with Gasteiger partial charge in [-0.15, -0.1) is 0 Å². The fourth-order valence-electron chi connectivity index (χ4n) is 0.526. The largest absolute Gasteiger partial charge is 0.472 e. The van der Waals surface area contributed by atoms with Crippen LogP contribution < -0.4 is 5.73 Å². The first kappa shape index (κ1) is 5.86. The van der Waals surface area contributed by atoms with Gasteiger partial charge in [-0.05, 0) is 6.07 Å². The number of nitrogens with two attached hydrogens (primary N) is 1. The highest BCUT2D eigenvalue weighted by atomic mass is 16.3. The molecule has 46 valence electrons. The molecule has 0 amide bonds. The number of nitriles is 1. The van der Waals surface area contributed by atoms with Crippen LogP contribution in [-0.2, 0) is 0 Å². The van der Waals surface area contributed by atoms with Gasteiger partial charge in [0.2, 0.25) is 0 Å². The second kappa shape index (κ2) is 2.33. The van der Waals surface area contributed by atoms with Crippen molar-refractivity contribution in [2.75, 3.05) is 0 Å². The summed E-state index contributed by atoms with van der Waals surface area (Å²) in [5.41, 5.74) is 6.04. The Morgan fingerprint density at radius 3 is 3.00 bits per heavy atom. The fourth-order valence-corrected chi connectivity index (χ4v) is 0.526. The third-order valence-electron chi connectivity index (χ3n) is 1.04. The molecule has 0 aliphatic carbocycles. The molecule has 0 aliphatic rings. The van der Waals surface area contributed by atoms with Crippen molar-refractivity contribution in [3.63, 3.8) is 0 Å². The summed E-state index contributed by atoms with van der Waals surface area (Å²) in [4.78, 5) is 0. The molecule has 0 saturated heterocycles. The molecule has 0 saturated carbocycles. The van der Waals surface area contributed by atoms with E-state index in [1.165, 1.54) is 12.5 Å². The Kier molecular flexibility index (Phi) is 1.52. The van der Waals surface area contributed by atoms with Gasteiger partial charge in [0.1, 0.15) is 6.04 Å². The Bertz CT molecular complexity index is 209. The number of furan rings is 1. The molecule has 0 radical (unpaired) electrons. The Hall–Kier alpha value is -1.27. The van der Waals surface area contributed by atoms with Crippen LogP contribution in [0.4, 0.5) is 0 Å². The van der Waals surface area contributed by atoms with Crippen molar-refractivity contribution in [1.29, 1.82) is 5.26 Å². The molecule has 1 rings (SSSR count). The summed E-state index contributed by atoms with van der Waals surface area (Å²) in [6.45, 7) is 0. The van der Waals surface area contributed by atoms with E-state index in [4.69, 9.17) is 15.4 Å². The summed E-state index contributed by atoms with van der Waals surface area (Å²) in [5.74, 6) is 0. The number of rotatable bonds is 1. The van der Waals surface area contributed by atoms with Crippen LogP contribution in [-0.4, -0.2) is 0 Å². The highest BCUT2D eigenvalue weighted by Gasteiger charge is 2.02. The van der Waals surface area contributed by atoms with Crippen LogP contribution in [0.1, 0.15) is 11.6 Å². The summed E-state index contributed by atoms with van der Waals surface area (Å²) in [7, 11) is 0. The van der Waals surface area contributed by atoms with Gasteiger partial charge >= 0.3 is 0 Å². The maximum Gasteiger partial charge on any atom is 0.121 e. The van der Waals surface area contributed by atoms with Gasteiger partial charge in [-0.1, -0.05) is 0 Å². The first-order chi connectivity index (χ1) is 4.34. The lowest BCUT2D eigenvalue weighted by Gasteiger charge is -1.92. The third-order valence-corrected chi connectivity index (χ3v) is 1.04. The second-order valence-corrected chi connectivity index (χ2v) is 1.66. The first-order valence-corrected chi connectivity index (χ1v) is 2.52. The number of hydrogen-bond acceptors (Lipinski definition) is 3. The molecule has 0 spiro atoms. The molecule has 1 aromatic heterocycles. The van der Waals surface area contributed by atoms with Gasteiger partial charge in [-0.3, -0.25) is 0 Å². The highest BCUT2D eigenvalue weighted by molar-refractivity contribution is 5.17. The quantitative estimate of drug-likeness (QED) is 0.599. The zero-order valence-corrected chi connectivity index (χ0v) is 4.74. The predicted molar refractivity (Wildman–Crippen MR) is 31.2 cm³/mol. The number of nitrogens with zero attached hydrogens (tertiary/aromatic N) is 1. The van der Waals surface area contributed by atoms with Gasteiger partial charge in [0.25, 0.3) is 0 Å². The molecule has 1 heterocycles. The van der Waals surface area contributed by atoms with E-state index in [-0.39, 0.29) is 0 Å². The molecule has 3 nitrogen and oxygen atoms in total. The Balaban J connectivity index is 2.80. The van der Waals surface area contributed by atoms with E-state index in [2.05, 4.69) is 0 Å². The van der Waals surface area contributed by atoms with E-state index in [9.17, 15) is 0 Å². The molecule has 0 aliphatic heterocycles. The molecule has 9 heavy (non-hydrogen) atoms. The van der Waals surface area contributed by atoms with Gasteiger partial charge in [0.05, 0.1) is 18.6 Å². The highest BCUT2D eigenvalue weighted by Crippen LogP contribution is 2.07. The minimum Gasteiger partial charge on any atom is -0.472 e. The van der Waals surface area contributed by atoms with Crippen LogP contribution in [0.15, 0.2) is 23.0 Å². The van der Waals surface area contributed by atoms with Crippen LogP contribution >= 0.6 is 0 Å². The van der Waals surface area contributed by atoms with Crippen molar-refractivity contribution in [2.45, 2.75) is 6.04 Å². The average Bonchev–Trinajstić information content (AvgIpc) is 2.37. The lowest BCUT2D eigenvalue weighted by atomic mass is 10.2. The van der Waals surface area contributed by atoms with Gasteiger partial charge in [-0.25, -0.2) is 0 Å². The fraction of sp³-hybridized carbons (Fsp3) is 0.167. The first-order valence-electron chi connectivity index (χ1n) is 2.52. The van der Waals surface area contributed by atoms with Crippen molar-refractivity contribution in [3.8, 4) is 6.07 Å². The summed E-state index contributed by atoms with van der Waals surface area (Å²) in [6, 6.07) is 3.01. The minimum atomic E-state index is -0.552. The van der Waals surface area contributed by atoms with Crippen LogP contribution in [0.25, 0.3) is 0 Å². The zero-order valence-electron chi connectivity index (χ0n) is 4.74.